The largest absolute Gasteiger partial charge is 0.356 e. The smallest absolute Gasteiger partial charge is 0.191 e. The van der Waals surface area contributed by atoms with E-state index in [4.69, 9.17) is 0 Å². The lowest BCUT2D eigenvalue weighted by atomic mass is 10.1. The van der Waals surface area contributed by atoms with Crippen LogP contribution in [0.3, 0.4) is 0 Å². The van der Waals surface area contributed by atoms with Crippen molar-refractivity contribution in [2.75, 3.05) is 33.7 Å². The third-order valence-electron chi connectivity index (χ3n) is 3.21. The summed E-state index contributed by atoms with van der Waals surface area (Å²) in [5, 5.41) is 6.71. The predicted molar refractivity (Wildman–Crippen MR) is 63.1 cm³/mol. The fraction of sp³-hybridized carbons (Fsp3) is 0.909. The number of guanidine groups is 1. The molecule has 1 fully saturated rings. The molecular weight excluding hydrogens is 188 g/mol. The first-order valence-electron chi connectivity index (χ1n) is 5.96. The molecule has 4 heteroatoms. The number of hydrogen-bond donors (Lipinski definition) is 2. The Hall–Kier alpha value is -0.770. The zero-order valence-electron chi connectivity index (χ0n) is 9.79. The third kappa shape index (κ3) is 3.09. The molecule has 4 nitrogen and oxygen atoms in total. The van der Waals surface area contributed by atoms with Crippen molar-refractivity contribution in [2.45, 2.75) is 25.3 Å². The van der Waals surface area contributed by atoms with Gasteiger partial charge in [-0.1, -0.05) is 0 Å². The molecule has 1 heterocycles. The van der Waals surface area contributed by atoms with Gasteiger partial charge < -0.3 is 15.5 Å². The minimum Gasteiger partial charge on any atom is -0.356 e. The van der Waals surface area contributed by atoms with E-state index in [0.29, 0.717) is 6.04 Å². The molecule has 86 valence electrons. The van der Waals surface area contributed by atoms with Crippen LogP contribution in [0.2, 0.25) is 0 Å². The van der Waals surface area contributed by atoms with Crippen LogP contribution in [0.15, 0.2) is 4.99 Å². The molecule has 1 saturated carbocycles. The summed E-state index contributed by atoms with van der Waals surface area (Å²) in [5.74, 6) is 1.89. The summed E-state index contributed by atoms with van der Waals surface area (Å²) in [4.78, 5) is 6.74. The van der Waals surface area contributed by atoms with Crippen molar-refractivity contribution in [2.24, 2.45) is 10.9 Å². The molecule has 1 aliphatic carbocycles. The Kier molecular flexibility index (Phi) is 3.46. The van der Waals surface area contributed by atoms with Crippen LogP contribution in [-0.2, 0) is 0 Å². The van der Waals surface area contributed by atoms with Gasteiger partial charge in [0, 0.05) is 25.7 Å². The van der Waals surface area contributed by atoms with Crippen LogP contribution in [0.25, 0.3) is 0 Å². The fourth-order valence-electron chi connectivity index (χ4n) is 2.10. The van der Waals surface area contributed by atoms with Crippen molar-refractivity contribution in [3.8, 4) is 0 Å². The van der Waals surface area contributed by atoms with Crippen molar-refractivity contribution in [1.82, 2.24) is 15.5 Å². The van der Waals surface area contributed by atoms with Gasteiger partial charge in [-0.25, -0.2) is 0 Å². The maximum Gasteiger partial charge on any atom is 0.191 e. The summed E-state index contributed by atoms with van der Waals surface area (Å²) >= 11 is 0. The van der Waals surface area contributed by atoms with E-state index in [0.717, 1.165) is 37.9 Å². The predicted octanol–water partition coefficient (Wildman–Crippen LogP) is 0.266. The molecule has 1 unspecified atom stereocenters. The van der Waals surface area contributed by atoms with E-state index >= 15 is 0 Å². The first kappa shape index (κ1) is 10.7. The maximum atomic E-state index is 4.42. The Labute approximate surface area is 92.1 Å². The van der Waals surface area contributed by atoms with Gasteiger partial charge in [0.15, 0.2) is 5.96 Å². The van der Waals surface area contributed by atoms with Crippen LogP contribution < -0.4 is 10.6 Å². The molecular formula is C11H22N4. The highest BCUT2D eigenvalue weighted by Crippen LogP contribution is 2.34. The van der Waals surface area contributed by atoms with E-state index in [-0.39, 0.29) is 0 Å². The molecule has 0 spiro atoms. The normalized spacial score (nSPS) is 23.3. The van der Waals surface area contributed by atoms with Gasteiger partial charge >= 0.3 is 0 Å². The second-order valence-electron chi connectivity index (χ2n) is 4.76. The van der Waals surface area contributed by atoms with Crippen molar-refractivity contribution >= 4 is 5.96 Å². The summed E-state index contributed by atoms with van der Waals surface area (Å²) in [6, 6.07) is 0.663. The zero-order valence-corrected chi connectivity index (χ0v) is 9.79. The number of nitrogens with zero attached hydrogens (tertiary/aromatic N) is 2. The molecule has 2 N–H and O–H groups in total. The van der Waals surface area contributed by atoms with E-state index in [2.05, 4.69) is 34.6 Å². The van der Waals surface area contributed by atoms with Gasteiger partial charge in [0.2, 0.25) is 0 Å². The molecule has 1 atom stereocenters. The van der Waals surface area contributed by atoms with Gasteiger partial charge in [-0.15, -0.1) is 0 Å². The number of likely N-dealkylation sites (N-methyl/N-ethyl adjacent to an activating group) is 1. The molecule has 0 bridgehead atoms. The molecule has 2 rings (SSSR count). The van der Waals surface area contributed by atoms with Gasteiger partial charge in [0.25, 0.3) is 0 Å². The van der Waals surface area contributed by atoms with E-state index in [1.165, 1.54) is 12.8 Å². The second kappa shape index (κ2) is 4.84. The van der Waals surface area contributed by atoms with Crippen molar-refractivity contribution in [3.63, 3.8) is 0 Å². The van der Waals surface area contributed by atoms with Crippen LogP contribution in [0.1, 0.15) is 19.3 Å². The highest BCUT2D eigenvalue weighted by atomic mass is 15.2. The van der Waals surface area contributed by atoms with E-state index in [9.17, 15) is 0 Å². The maximum absolute atomic E-state index is 4.42. The monoisotopic (exact) mass is 210 g/mol. The molecule has 0 amide bonds. The van der Waals surface area contributed by atoms with E-state index < -0.39 is 0 Å². The Balaban J connectivity index is 1.77. The topological polar surface area (TPSA) is 39.7 Å². The van der Waals surface area contributed by atoms with Gasteiger partial charge in [-0.2, -0.15) is 0 Å². The Morgan fingerprint density at radius 2 is 2.33 bits per heavy atom. The highest BCUT2D eigenvalue weighted by Gasteiger charge is 2.32. The second-order valence-corrected chi connectivity index (χ2v) is 4.76. The molecule has 0 saturated heterocycles. The SMILES string of the molecule is CN(C)C(CNC1=NCCCN1)C1CC1. The average molecular weight is 210 g/mol. The van der Waals surface area contributed by atoms with Crippen LogP contribution in [0.5, 0.6) is 0 Å². The first-order valence-corrected chi connectivity index (χ1v) is 5.96. The number of nitrogens with one attached hydrogen (secondary N) is 2. The van der Waals surface area contributed by atoms with Crippen LogP contribution in [0, 0.1) is 5.92 Å². The minimum absolute atomic E-state index is 0.663. The lowest BCUT2D eigenvalue weighted by Crippen LogP contribution is -2.47. The average Bonchev–Trinajstić information content (AvgIpc) is 3.03. The van der Waals surface area contributed by atoms with E-state index in [1.54, 1.807) is 0 Å². The van der Waals surface area contributed by atoms with Crippen LogP contribution in [0.4, 0.5) is 0 Å². The Bertz CT molecular complexity index is 231. The lowest BCUT2D eigenvalue weighted by Gasteiger charge is -2.26. The summed E-state index contributed by atoms with van der Waals surface area (Å²) in [5.41, 5.74) is 0. The fourth-order valence-corrected chi connectivity index (χ4v) is 2.10. The molecule has 1 aliphatic heterocycles. The minimum atomic E-state index is 0.663. The van der Waals surface area contributed by atoms with Gasteiger partial charge in [-0.05, 0) is 39.3 Å². The summed E-state index contributed by atoms with van der Waals surface area (Å²) in [6.07, 6.45) is 3.94. The van der Waals surface area contributed by atoms with Gasteiger partial charge in [0.1, 0.15) is 0 Å². The van der Waals surface area contributed by atoms with Crippen LogP contribution in [-0.4, -0.2) is 50.6 Å². The summed E-state index contributed by atoms with van der Waals surface area (Å²) in [6.45, 7) is 3.04. The van der Waals surface area contributed by atoms with Crippen LogP contribution >= 0.6 is 0 Å². The summed E-state index contributed by atoms with van der Waals surface area (Å²) in [7, 11) is 4.33. The number of aliphatic imine (C=N–C) groups is 1. The van der Waals surface area contributed by atoms with Crippen molar-refractivity contribution < 1.29 is 0 Å². The molecule has 15 heavy (non-hydrogen) atoms. The van der Waals surface area contributed by atoms with Gasteiger partial charge in [0.05, 0.1) is 0 Å². The molecule has 0 radical (unpaired) electrons. The third-order valence-corrected chi connectivity index (χ3v) is 3.21. The molecule has 2 aliphatic rings. The molecule has 0 aromatic heterocycles. The number of hydrogen-bond acceptors (Lipinski definition) is 4. The number of rotatable bonds is 4. The quantitative estimate of drug-likeness (QED) is 0.699. The van der Waals surface area contributed by atoms with Crippen molar-refractivity contribution in [3.05, 3.63) is 0 Å². The van der Waals surface area contributed by atoms with Gasteiger partial charge in [-0.3, -0.25) is 4.99 Å². The Morgan fingerprint density at radius 1 is 1.53 bits per heavy atom. The van der Waals surface area contributed by atoms with Crippen molar-refractivity contribution in [1.29, 1.82) is 0 Å². The lowest BCUT2D eigenvalue weighted by molar-refractivity contribution is 0.264. The van der Waals surface area contributed by atoms with E-state index in [1.807, 2.05) is 0 Å². The standard InChI is InChI=1S/C11H22N4/c1-15(2)10(9-4-5-9)8-14-11-12-6-3-7-13-11/h9-10H,3-8H2,1-2H3,(H2,12,13,14). The zero-order chi connectivity index (χ0) is 10.7. The summed E-state index contributed by atoms with van der Waals surface area (Å²) < 4.78 is 0. The first-order chi connectivity index (χ1) is 7.27. The molecule has 0 aromatic rings. The highest BCUT2D eigenvalue weighted by molar-refractivity contribution is 5.80. The molecule has 0 aromatic carbocycles. The Morgan fingerprint density at radius 3 is 2.87 bits per heavy atom.